The quantitative estimate of drug-likeness (QED) is 0.503. The number of hydrogen-bond donors (Lipinski definition) is 3. The van der Waals surface area contributed by atoms with Crippen molar-refractivity contribution < 1.29 is 19.5 Å². The monoisotopic (exact) mass is 241 g/mol. The lowest BCUT2D eigenvalue weighted by Gasteiger charge is -2.41. The topological polar surface area (TPSA) is 127 Å². The fourth-order valence-electron chi connectivity index (χ4n) is 1.72. The van der Waals surface area contributed by atoms with Crippen molar-refractivity contribution >= 4 is 17.6 Å². The van der Waals surface area contributed by atoms with Gasteiger partial charge in [-0.3, -0.25) is 14.4 Å². The average Bonchev–Trinajstić information content (AvgIpc) is 2.15. The molecular formula is C10H15N3O4. The van der Waals surface area contributed by atoms with Gasteiger partial charge in [0.1, 0.15) is 0 Å². The number of ketones is 1. The van der Waals surface area contributed by atoms with Gasteiger partial charge in [-0.25, -0.2) is 0 Å². The normalized spacial score (nSPS) is 24.8. The zero-order chi connectivity index (χ0) is 13.4. The van der Waals surface area contributed by atoms with E-state index in [9.17, 15) is 19.5 Å². The van der Waals surface area contributed by atoms with Crippen molar-refractivity contribution in [1.29, 1.82) is 0 Å². The minimum atomic E-state index is -2.11. The van der Waals surface area contributed by atoms with Gasteiger partial charge in [-0.15, -0.1) is 0 Å². The Hall–Kier alpha value is -1.89. The molecule has 1 aliphatic heterocycles. The molecule has 0 bridgehead atoms. The van der Waals surface area contributed by atoms with E-state index in [2.05, 4.69) is 0 Å². The first-order valence-corrected chi connectivity index (χ1v) is 5.05. The predicted molar refractivity (Wildman–Crippen MR) is 58.0 cm³/mol. The maximum Gasteiger partial charge on any atom is 0.271 e. The van der Waals surface area contributed by atoms with Crippen LogP contribution in [0.2, 0.25) is 0 Å². The Morgan fingerprint density at radius 3 is 2.35 bits per heavy atom. The first-order chi connectivity index (χ1) is 7.70. The van der Waals surface area contributed by atoms with Crippen molar-refractivity contribution in [3.8, 4) is 0 Å². The average molecular weight is 241 g/mol. The summed E-state index contributed by atoms with van der Waals surface area (Å²) in [6.07, 6.45) is 0.513. The molecule has 7 nitrogen and oxygen atoms in total. The second-order valence-corrected chi connectivity index (χ2v) is 4.19. The van der Waals surface area contributed by atoms with Crippen LogP contribution in [0.5, 0.6) is 0 Å². The first-order valence-electron chi connectivity index (χ1n) is 5.05. The van der Waals surface area contributed by atoms with Gasteiger partial charge >= 0.3 is 0 Å². The largest absolute Gasteiger partial charge is 0.365 e. The molecule has 17 heavy (non-hydrogen) atoms. The summed E-state index contributed by atoms with van der Waals surface area (Å²) in [4.78, 5) is 35.0. The number of nitrogens with zero attached hydrogens (tertiary/aromatic N) is 1. The lowest BCUT2D eigenvalue weighted by Crippen LogP contribution is -2.61. The third-order valence-electron chi connectivity index (χ3n) is 2.62. The lowest BCUT2D eigenvalue weighted by molar-refractivity contribution is -0.164. The molecule has 0 spiro atoms. The molecule has 0 aromatic rings. The van der Waals surface area contributed by atoms with Crippen LogP contribution in [0.4, 0.5) is 0 Å². The highest BCUT2D eigenvalue weighted by atomic mass is 16.3. The molecule has 5 N–H and O–H groups in total. The molecule has 7 heteroatoms. The fraction of sp³-hybridized carbons (Fsp3) is 0.500. The molecule has 0 saturated carbocycles. The van der Waals surface area contributed by atoms with Crippen molar-refractivity contribution in [2.24, 2.45) is 11.5 Å². The van der Waals surface area contributed by atoms with E-state index in [1.165, 1.54) is 0 Å². The summed E-state index contributed by atoms with van der Waals surface area (Å²) in [5.41, 5.74) is 7.76. The van der Waals surface area contributed by atoms with E-state index in [1.807, 2.05) is 0 Å². The van der Waals surface area contributed by atoms with Gasteiger partial charge in [0.2, 0.25) is 5.72 Å². The van der Waals surface area contributed by atoms with Crippen molar-refractivity contribution in [2.45, 2.75) is 32.0 Å². The SMILES string of the molecule is CC(C)N1C=C(C(N)=O)C(=O)CC1(O)C(N)=O. The molecule has 2 amide bonds. The van der Waals surface area contributed by atoms with Crippen LogP contribution in [0.1, 0.15) is 20.3 Å². The third kappa shape index (κ3) is 2.14. The summed E-state index contributed by atoms with van der Waals surface area (Å²) in [7, 11) is 0. The number of nitrogens with two attached hydrogens (primary N) is 2. The Kier molecular flexibility index (Phi) is 3.23. The summed E-state index contributed by atoms with van der Waals surface area (Å²) >= 11 is 0. The smallest absolute Gasteiger partial charge is 0.271 e. The number of primary amides is 2. The van der Waals surface area contributed by atoms with Crippen molar-refractivity contribution in [3.63, 3.8) is 0 Å². The van der Waals surface area contributed by atoms with E-state index in [4.69, 9.17) is 11.5 Å². The van der Waals surface area contributed by atoms with Crippen LogP contribution in [0.15, 0.2) is 11.8 Å². The van der Waals surface area contributed by atoms with E-state index < -0.39 is 29.7 Å². The van der Waals surface area contributed by atoms with Crippen LogP contribution in [-0.4, -0.2) is 39.4 Å². The zero-order valence-corrected chi connectivity index (χ0v) is 9.64. The van der Waals surface area contributed by atoms with Gasteiger partial charge in [-0.1, -0.05) is 0 Å². The van der Waals surface area contributed by atoms with Gasteiger partial charge in [0, 0.05) is 12.2 Å². The molecule has 1 aliphatic rings. The first kappa shape index (κ1) is 13.2. The summed E-state index contributed by atoms with van der Waals surface area (Å²) in [6, 6.07) is -0.324. The molecule has 0 fully saturated rings. The standard InChI is InChI=1S/C10H15N3O4/c1-5(2)13-4-6(8(11)15)7(14)3-10(13,17)9(12)16/h4-5,17H,3H2,1-2H3,(H2,11,15)(H2,12,16). The number of Topliss-reactive ketones (excluding diaryl/α,β-unsaturated/α-hetero) is 1. The van der Waals surface area contributed by atoms with Gasteiger partial charge in [-0.05, 0) is 13.8 Å². The molecule has 0 aromatic carbocycles. The second-order valence-electron chi connectivity index (χ2n) is 4.19. The van der Waals surface area contributed by atoms with Crippen LogP contribution in [0.3, 0.4) is 0 Å². The van der Waals surface area contributed by atoms with Gasteiger partial charge in [0.15, 0.2) is 5.78 Å². The number of hydrogen-bond acceptors (Lipinski definition) is 5. The number of amides is 2. The number of carbonyl (C=O) groups is 3. The van der Waals surface area contributed by atoms with Gasteiger partial charge < -0.3 is 21.5 Å². The Balaban J connectivity index is 3.29. The molecule has 1 atom stereocenters. The number of aliphatic hydroxyl groups is 1. The Morgan fingerprint density at radius 1 is 1.47 bits per heavy atom. The van der Waals surface area contributed by atoms with Crippen molar-refractivity contribution in [2.75, 3.05) is 0 Å². The van der Waals surface area contributed by atoms with E-state index in [0.29, 0.717) is 0 Å². The minimum Gasteiger partial charge on any atom is -0.365 e. The molecule has 1 rings (SSSR count). The predicted octanol–water partition coefficient (Wildman–Crippen LogP) is -1.79. The lowest BCUT2D eigenvalue weighted by atomic mass is 9.93. The molecule has 94 valence electrons. The Morgan fingerprint density at radius 2 is 2.00 bits per heavy atom. The number of rotatable bonds is 3. The summed E-state index contributed by atoms with van der Waals surface area (Å²) in [5, 5.41) is 10.1. The van der Waals surface area contributed by atoms with E-state index >= 15 is 0 Å². The highest BCUT2D eigenvalue weighted by Crippen LogP contribution is 2.27. The van der Waals surface area contributed by atoms with Crippen LogP contribution >= 0.6 is 0 Å². The van der Waals surface area contributed by atoms with Crippen LogP contribution in [0.25, 0.3) is 0 Å². The molecule has 0 aromatic heterocycles. The van der Waals surface area contributed by atoms with Crippen molar-refractivity contribution in [3.05, 3.63) is 11.8 Å². The summed E-state index contributed by atoms with van der Waals surface area (Å²) < 4.78 is 0. The highest BCUT2D eigenvalue weighted by molar-refractivity contribution is 6.20. The highest BCUT2D eigenvalue weighted by Gasteiger charge is 2.47. The fourth-order valence-corrected chi connectivity index (χ4v) is 1.72. The second kappa shape index (κ2) is 4.17. The Bertz CT molecular complexity index is 416. The molecule has 1 unspecified atom stereocenters. The molecule has 0 aliphatic carbocycles. The van der Waals surface area contributed by atoms with Gasteiger partial charge in [-0.2, -0.15) is 0 Å². The maximum absolute atomic E-state index is 11.6. The molecule has 0 saturated heterocycles. The van der Waals surface area contributed by atoms with E-state index in [-0.39, 0.29) is 11.6 Å². The molecule has 1 heterocycles. The van der Waals surface area contributed by atoms with Crippen molar-refractivity contribution in [1.82, 2.24) is 4.90 Å². The summed E-state index contributed by atoms with van der Waals surface area (Å²) in [6.45, 7) is 3.36. The minimum absolute atomic E-state index is 0.246. The van der Waals surface area contributed by atoms with Gasteiger partial charge in [0.05, 0.1) is 12.0 Å². The van der Waals surface area contributed by atoms with E-state index in [1.54, 1.807) is 13.8 Å². The van der Waals surface area contributed by atoms with Crippen LogP contribution in [0, 0.1) is 0 Å². The number of carbonyl (C=O) groups excluding carboxylic acids is 3. The Labute approximate surface area is 98.0 Å². The van der Waals surface area contributed by atoms with Crippen LogP contribution in [-0.2, 0) is 14.4 Å². The maximum atomic E-state index is 11.6. The zero-order valence-electron chi connectivity index (χ0n) is 9.64. The molecule has 0 radical (unpaired) electrons. The third-order valence-corrected chi connectivity index (χ3v) is 2.62. The van der Waals surface area contributed by atoms with Crippen LogP contribution < -0.4 is 11.5 Å². The van der Waals surface area contributed by atoms with Gasteiger partial charge in [0.25, 0.3) is 11.8 Å². The summed E-state index contributed by atoms with van der Waals surface area (Å²) in [5.74, 6) is -2.64. The van der Waals surface area contributed by atoms with E-state index in [0.717, 1.165) is 11.1 Å². The molecular weight excluding hydrogens is 226 g/mol.